The molecule has 3 aromatic carbocycles. The van der Waals surface area contributed by atoms with Crippen LogP contribution in [0.4, 0.5) is 11.4 Å². The molecule has 11 nitrogen and oxygen atoms in total. The van der Waals surface area contributed by atoms with Gasteiger partial charge in [0.25, 0.3) is 11.4 Å². The molecule has 0 saturated heterocycles. The third-order valence-electron chi connectivity index (χ3n) is 4.81. The molecule has 12 heteroatoms. The number of sulfone groups is 1. The SMILES string of the molecule is Cc1ccc(C(=O)COC(=O)c2ccccc2S(=O)(=O)c2ccccc2[N+](=O)[O-])cc1[N+](=O)[O-]. The average molecular weight is 484 g/mol. The summed E-state index contributed by atoms with van der Waals surface area (Å²) >= 11 is 0. The van der Waals surface area contributed by atoms with E-state index in [1.54, 1.807) is 0 Å². The summed E-state index contributed by atoms with van der Waals surface area (Å²) in [6.07, 6.45) is 0. The van der Waals surface area contributed by atoms with E-state index in [1.165, 1.54) is 43.3 Å². The van der Waals surface area contributed by atoms with Gasteiger partial charge in [0.1, 0.15) is 4.90 Å². The van der Waals surface area contributed by atoms with Crippen LogP contribution in [0.2, 0.25) is 0 Å². The molecule has 0 radical (unpaired) electrons. The van der Waals surface area contributed by atoms with E-state index in [0.29, 0.717) is 5.56 Å². The Hall–Kier alpha value is -4.45. The zero-order chi connectivity index (χ0) is 25.0. The molecule has 0 amide bonds. The van der Waals surface area contributed by atoms with Gasteiger partial charge in [-0.2, -0.15) is 0 Å². The molecule has 0 aliphatic carbocycles. The maximum absolute atomic E-state index is 13.1. The van der Waals surface area contributed by atoms with Crippen molar-refractivity contribution in [2.24, 2.45) is 0 Å². The average Bonchev–Trinajstić information content (AvgIpc) is 2.82. The van der Waals surface area contributed by atoms with Crippen molar-refractivity contribution in [1.82, 2.24) is 0 Å². The molecule has 0 aromatic heterocycles. The van der Waals surface area contributed by atoms with E-state index >= 15 is 0 Å². The lowest BCUT2D eigenvalue weighted by Crippen LogP contribution is -2.17. The van der Waals surface area contributed by atoms with Crippen molar-refractivity contribution < 1.29 is 32.6 Å². The number of Topliss-reactive ketones (excluding diaryl/α,β-unsaturated/α-hetero) is 1. The molecule has 174 valence electrons. The van der Waals surface area contributed by atoms with Crippen LogP contribution in [0.5, 0.6) is 0 Å². The summed E-state index contributed by atoms with van der Waals surface area (Å²) in [6.45, 7) is 0.694. The second-order valence-corrected chi connectivity index (χ2v) is 8.87. The van der Waals surface area contributed by atoms with Crippen molar-refractivity contribution in [3.05, 3.63) is 104 Å². The number of nitro benzene ring substituents is 2. The molecule has 0 bridgehead atoms. The second kappa shape index (κ2) is 9.58. The number of rotatable bonds is 8. The van der Waals surface area contributed by atoms with Crippen molar-refractivity contribution in [3.63, 3.8) is 0 Å². The number of nitro groups is 2. The van der Waals surface area contributed by atoms with E-state index in [0.717, 1.165) is 30.3 Å². The van der Waals surface area contributed by atoms with E-state index in [1.807, 2.05) is 0 Å². The van der Waals surface area contributed by atoms with Crippen molar-refractivity contribution in [2.45, 2.75) is 16.7 Å². The van der Waals surface area contributed by atoms with Crippen LogP contribution in [0.25, 0.3) is 0 Å². The van der Waals surface area contributed by atoms with Gasteiger partial charge in [-0.1, -0.05) is 36.4 Å². The van der Waals surface area contributed by atoms with E-state index in [2.05, 4.69) is 0 Å². The molecule has 0 saturated carbocycles. The van der Waals surface area contributed by atoms with E-state index < -0.39 is 59.1 Å². The number of hydrogen-bond donors (Lipinski definition) is 0. The molecule has 0 atom stereocenters. The molecule has 0 spiro atoms. The zero-order valence-electron chi connectivity index (χ0n) is 17.5. The van der Waals surface area contributed by atoms with Gasteiger partial charge in [-0.05, 0) is 25.1 Å². The highest BCUT2D eigenvalue weighted by atomic mass is 32.2. The first kappa shape index (κ1) is 24.2. The van der Waals surface area contributed by atoms with Crippen molar-refractivity contribution in [3.8, 4) is 0 Å². The fourth-order valence-corrected chi connectivity index (χ4v) is 4.71. The van der Waals surface area contributed by atoms with E-state index in [-0.39, 0.29) is 11.3 Å². The lowest BCUT2D eigenvalue weighted by molar-refractivity contribution is -0.387. The van der Waals surface area contributed by atoms with Crippen LogP contribution in [0.3, 0.4) is 0 Å². The van der Waals surface area contributed by atoms with Crippen LogP contribution >= 0.6 is 0 Å². The van der Waals surface area contributed by atoms with Crippen LogP contribution in [0.15, 0.2) is 76.5 Å². The van der Waals surface area contributed by atoms with Crippen LogP contribution in [-0.4, -0.2) is 36.6 Å². The molecule has 0 fully saturated rings. The van der Waals surface area contributed by atoms with E-state index in [4.69, 9.17) is 4.74 Å². The summed E-state index contributed by atoms with van der Waals surface area (Å²) < 4.78 is 31.2. The number of esters is 1. The summed E-state index contributed by atoms with van der Waals surface area (Å²) in [6, 6.07) is 13.4. The van der Waals surface area contributed by atoms with Crippen molar-refractivity contribution in [1.29, 1.82) is 0 Å². The Balaban J connectivity index is 1.89. The number of ether oxygens (including phenoxy) is 1. The molecule has 0 N–H and O–H groups in total. The van der Waals surface area contributed by atoms with Gasteiger partial charge in [-0.15, -0.1) is 0 Å². The number of aryl methyl sites for hydroxylation is 1. The summed E-state index contributed by atoms with van der Waals surface area (Å²) in [5, 5.41) is 22.4. The quantitative estimate of drug-likeness (QED) is 0.201. The van der Waals surface area contributed by atoms with Crippen LogP contribution in [0.1, 0.15) is 26.3 Å². The van der Waals surface area contributed by atoms with Crippen LogP contribution in [0, 0.1) is 27.2 Å². The first-order chi connectivity index (χ1) is 16.0. The Labute approximate surface area is 192 Å². The number of ketones is 1. The Kier molecular flexibility index (Phi) is 6.82. The van der Waals surface area contributed by atoms with Gasteiger partial charge in [0.05, 0.1) is 20.3 Å². The molecule has 34 heavy (non-hydrogen) atoms. The molecular weight excluding hydrogens is 468 g/mol. The summed E-state index contributed by atoms with van der Waals surface area (Å²) in [4.78, 5) is 44.8. The normalized spacial score (nSPS) is 11.0. The van der Waals surface area contributed by atoms with Gasteiger partial charge in [-0.3, -0.25) is 25.0 Å². The molecule has 3 aromatic rings. The van der Waals surface area contributed by atoms with Gasteiger partial charge in [0.15, 0.2) is 6.61 Å². The van der Waals surface area contributed by atoms with Gasteiger partial charge in [0, 0.05) is 23.3 Å². The first-order valence-electron chi connectivity index (χ1n) is 9.57. The maximum Gasteiger partial charge on any atom is 0.339 e. The van der Waals surface area contributed by atoms with Crippen LogP contribution in [-0.2, 0) is 14.6 Å². The minimum Gasteiger partial charge on any atom is -0.454 e. The number of hydrogen-bond acceptors (Lipinski definition) is 9. The fraction of sp³-hybridized carbons (Fsp3) is 0.0909. The number of nitrogens with zero attached hydrogens (tertiary/aromatic N) is 2. The summed E-state index contributed by atoms with van der Waals surface area (Å²) in [5.41, 5.74) is -1.10. The number of benzene rings is 3. The highest BCUT2D eigenvalue weighted by Crippen LogP contribution is 2.31. The Bertz CT molecular complexity index is 1430. The molecule has 3 rings (SSSR count). The van der Waals surface area contributed by atoms with Crippen molar-refractivity contribution in [2.75, 3.05) is 6.61 Å². The van der Waals surface area contributed by atoms with Gasteiger partial charge >= 0.3 is 5.97 Å². The molecule has 0 aliphatic heterocycles. The monoisotopic (exact) mass is 484 g/mol. The predicted molar refractivity (Wildman–Crippen MR) is 117 cm³/mol. The topological polar surface area (TPSA) is 164 Å². The zero-order valence-corrected chi connectivity index (χ0v) is 18.4. The first-order valence-corrected chi connectivity index (χ1v) is 11.0. The largest absolute Gasteiger partial charge is 0.454 e. The Morgan fingerprint density at radius 2 is 1.44 bits per heavy atom. The third-order valence-corrected chi connectivity index (χ3v) is 6.67. The molecule has 0 aliphatic rings. The lowest BCUT2D eigenvalue weighted by Gasteiger charge is -2.11. The Morgan fingerprint density at radius 1 is 0.853 bits per heavy atom. The van der Waals surface area contributed by atoms with Gasteiger partial charge in [0.2, 0.25) is 15.6 Å². The smallest absolute Gasteiger partial charge is 0.339 e. The number of carbonyl (C=O) groups excluding carboxylic acids is 2. The predicted octanol–water partition coefficient (Wildman–Crippen LogP) is 3.68. The standard InChI is InChI=1S/C22H16N2O9S/c1-14-10-11-15(12-18(14)24(29)30)19(25)13-33-22(26)16-6-2-4-8-20(16)34(31,32)21-9-5-3-7-17(21)23(27)28/h2-12H,13H2,1H3. The Morgan fingerprint density at radius 3 is 2.09 bits per heavy atom. The summed E-state index contributed by atoms with van der Waals surface area (Å²) in [7, 11) is -4.50. The lowest BCUT2D eigenvalue weighted by atomic mass is 10.1. The third kappa shape index (κ3) is 4.81. The molecule has 0 heterocycles. The summed E-state index contributed by atoms with van der Waals surface area (Å²) in [5.74, 6) is -1.90. The highest BCUT2D eigenvalue weighted by molar-refractivity contribution is 7.91. The van der Waals surface area contributed by atoms with E-state index in [9.17, 15) is 38.2 Å². The highest BCUT2D eigenvalue weighted by Gasteiger charge is 2.31. The minimum absolute atomic E-state index is 0.0640. The number of carbonyl (C=O) groups is 2. The van der Waals surface area contributed by atoms with Gasteiger partial charge in [-0.25, -0.2) is 13.2 Å². The maximum atomic E-state index is 13.1. The molecular formula is C22H16N2O9S. The second-order valence-electron chi connectivity index (χ2n) is 6.98. The van der Waals surface area contributed by atoms with Crippen molar-refractivity contribution >= 4 is 33.0 Å². The molecule has 0 unspecified atom stereocenters. The number of para-hydroxylation sites is 1. The fourth-order valence-electron chi connectivity index (χ4n) is 3.10. The van der Waals surface area contributed by atoms with Gasteiger partial charge < -0.3 is 4.74 Å². The minimum atomic E-state index is -4.50. The van der Waals surface area contributed by atoms with Crippen LogP contribution < -0.4 is 0 Å².